The minimum atomic E-state index is -0.239. The Labute approximate surface area is 157 Å². The summed E-state index contributed by atoms with van der Waals surface area (Å²) in [7, 11) is 1.66. The van der Waals surface area contributed by atoms with E-state index in [2.05, 4.69) is 29.4 Å². The number of methoxy groups -OCH3 is 1. The van der Waals surface area contributed by atoms with E-state index < -0.39 is 0 Å². The molecule has 2 rings (SSSR count). The number of piperidine rings is 1. The predicted octanol–water partition coefficient (Wildman–Crippen LogP) is 2.94. The van der Waals surface area contributed by atoms with Gasteiger partial charge in [0.2, 0.25) is 0 Å². The number of likely N-dealkylation sites (tertiary alicyclic amines) is 1. The maximum absolute atomic E-state index is 13.1. The van der Waals surface area contributed by atoms with Crippen molar-refractivity contribution in [3.8, 4) is 0 Å². The maximum atomic E-state index is 13.1. The molecular formula is C20H33FN4O. The lowest BCUT2D eigenvalue weighted by Gasteiger charge is -2.32. The Morgan fingerprint density at radius 1 is 1.27 bits per heavy atom. The van der Waals surface area contributed by atoms with Gasteiger partial charge in [0, 0.05) is 32.8 Å². The van der Waals surface area contributed by atoms with Gasteiger partial charge < -0.3 is 20.3 Å². The maximum Gasteiger partial charge on any atom is 0.191 e. The van der Waals surface area contributed by atoms with Gasteiger partial charge in [0.05, 0.1) is 6.54 Å². The summed E-state index contributed by atoms with van der Waals surface area (Å²) in [5.41, 5.74) is 0.932. The molecule has 0 aromatic heterocycles. The van der Waals surface area contributed by atoms with Crippen LogP contribution in [0.25, 0.3) is 0 Å². The highest BCUT2D eigenvalue weighted by atomic mass is 19.1. The minimum Gasteiger partial charge on any atom is -0.375 e. The Morgan fingerprint density at radius 3 is 2.54 bits per heavy atom. The summed E-state index contributed by atoms with van der Waals surface area (Å²) in [6.45, 7) is 9.07. The van der Waals surface area contributed by atoms with Crippen LogP contribution in [0, 0.1) is 5.82 Å². The highest BCUT2D eigenvalue weighted by molar-refractivity contribution is 5.80. The van der Waals surface area contributed by atoms with E-state index in [0.29, 0.717) is 12.6 Å². The lowest BCUT2D eigenvalue weighted by molar-refractivity contribution is 0.110. The number of ether oxygens (including phenoxy) is 1. The van der Waals surface area contributed by atoms with Gasteiger partial charge >= 0.3 is 0 Å². The third kappa shape index (κ3) is 6.57. The molecule has 0 spiro atoms. The molecule has 2 N–H and O–H groups in total. The molecule has 0 aliphatic carbocycles. The van der Waals surface area contributed by atoms with E-state index in [9.17, 15) is 4.39 Å². The van der Waals surface area contributed by atoms with Gasteiger partial charge in [0.15, 0.2) is 5.96 Å². The van der Waals surface area contributed by atoms with E-state index in [4.69, 9.17) is 9.73 Å². The first-order valence-electron chi connectivity index (χ1n) is 9.71. The normalized spacial score (nSPS) is 17.9. The highest BCUT2D eigenvalue weighted by Gasteiger charge is 2.19. The third-order valence-electron chi connectivity index (χ3n) is 4.75. The molecule has 5 nitrogen and oxygen atoms in total. The van der Waals surface area contributed by atoms with Crippen molar-refractivity contribution in [1.82, 2.24) is 15.5 Å². The largest absolute Gasteiger partial charge is 0.375 e. The second-order valence-electron chi connectivity index (χ2n) is 6.76. The minimum absolute atomic E-state index is 0.183. The second-order valence-corrected chi connectivity index (χ2v) is 6.76. The van der Waals surface area contributed by atoms with E-state index in [1.54, 1.807) is 19.2 Å². The number of aliphatic imine (C=N–C) groups is 1. The van der Waals surface area contributed by atoms with Gasteiger partial charge in [0.1, 0.15) is 11.9 Å². The van der Waals surface area contributed by atoms with Crippen molar-refractivity contribution in [2.75, 3.05) is 39.8 Å². The molecule has 1 aromatic carbocycles. The fourth-order valence-electron chi connectivity index (χ4n) is 3.30. The van der Waals surface area contributed by atoms with Crippen molar-refractivity contribution in [3.63, 3.8) is 0 Å². The number of halogens is 1. The van der Waals surface area contributed by atoms with Crippen molar-refractivity contribution < 1.29 is 9.13 Å². The molecule has 26 heavy (non-hydrogen) atoms. The van der Waals surface area contributed by atoms with Gasteiger partial charge in [-0.2, -0.15) is 0 Å². The molecule has 1 saturated heterocycles. The number of benzene rings is 1. The summed E-state index contributed by atoms with van der Waals surface area (Å²) in [5, 5.41) is 6.87. The summed E-state index contributed by atoms with van der Waals surface area (Å²) >= 11 is 0. The molecule has 1 aromatic rings. The molecule has 1 atom stereocenters. The molecule has 1 aliphatic heterocycles. The average Bonchev–Trinajstić information content (AvgIpc) is 2.65. The molecule has 1 unspecified atom stereocenters. The van der Waals surface area contributed by atoms with Crippen LogP contribution in [0.1, 0.15) is 44.8 Å². The first-order chi connectivity index (χ1) is 12.7. The summed E-state index contributed by atoms with van der Waals surface area (Å²) in [5.74, 6) is 0.585. The van der Waals surface area contributed by atoms with Crippen molar-refractivity contribution in [2.45, 2.75) is 45.3 Å². The summed E-state index contributed by atoms with van der Waals surface area (Å²) < 4.78 is 18.7. The Hall–Kier alpha value is -1.66. The monoisotopic (exact) mass is 364 g/mol. The summed E-state index contributed by atoms with van der Waals surface area (Å²) in [4.78, 5) is 7.22. The zero-order valence-electron chi connectivity index (χ0n) is 16.3. The molecule has 1 heterocycles. The number of rotatable bonds is 8. The average molecular weight is 365 g/mol. The molecule has 0 bridgehead atoms. The van der Waals surface area contributed by atoms with Crippen LogP contribution in [0.2, 0.25) is 0 Å². The summed E-state index contributed by atoms with van der Waals surface area (Å²) in [6.07, 6.45) is 3.30. The van der Waals surface area contributed by atoms with Crippen molar-refractivity contribution >= 4 is 5.96 Å². The van der Waals surface area contributed by atoms with E-state index in [0.717, 1.165) is 44.0 Å². The third-order valence-corrected chi connectivity index (χ3v) is 4.75. The van der Waals surface area contributed by atoms with E-state index >= 15 is 0 Å². The number of nitrogens with one attached hydrogen (secondary N) is 2. The smallest absolute Gasteiger partial charge is 0.191 e. The molecule has 6 heteroatoms. The SMILES string of the molecule is CCCN1CCC(NC(=NCC(OC)c2ccc(F)cc2)NCC)CC1. The molecule has 0 radical (unpaired) electrons. The van der Waals surface area contributed by atoms with Crippen molar-refractivity contribution in [1.29, 1.82) is 0 Å². The lowest BCUT2D eigenvalue weighted by atomic mass is 10.1. The Kier molecular flexibility index (Phi) is 8.85. The number of nitrogens with zero attached hydrogens (tertiary/aromatic N) is 2. The Bertz CT molecular complexity index is 541. The van der Waals surface area contributed by atoms with Crippen LogP contribution in [0.15, 0.2) is 29.3 Å². The second kappa shape index (κ2) is 11.1. The zero-order valence-corrected chi connectivity index (χ0v) is 16.3. The number of hydrogen-bond acceptors (Lipinski definition) is 3. The first kappa shape index (κ1) is 20.6. The van der Waals surface area contributed by atoms with Gasteiger partial charge in [-0.1, -0.05) is 19.1 Å². The quantitative estimate of drug-likeness (QED) is 0.550. The fourth-order valence-corrected chi connectivity index (χ4v) is 3.30. The standard InChI is InChI=1S/C20H33FN4O/c1-4-12-25-13-10-18(11-14-25)24-20(22-5-2)23-15-19(26-3)16-6-8-17(21)9-7-16/h6-9,18-19H,4-5,10-15H2,1-3H3,(H2,22,23,24). The molecule has 146 valence electrons. The number of guanidine groups is 1. The van der Waals surface area contributed by atoms with Crippen molar-refractivity contribution in [3.05, 3.63) is 35.6 Å². The van der Waals surface area contributed by atoms with E-state index in [1.165, 1.54) is 25.1 Å². The molecule has 0 amide bonds. The van der Waals surface area contributed by atoms with Crippen molar-refractivity contribution in [2.24, 2.45) is 4.99 Å². The van der Waals surface area contributed by atoms with Gasteiger partial charge in [-0.15, -0.1) is 0 Å². The molecule has 1 fully saturated rings. The highest BCUT2D eigenvalue weighted by Crippen LogP contribution is 2.17. The van der Waals surface area contributed by atoms with Crippen LogP contribution in [-0.2, 0) is 4.74 Å². The fraction of sp³-hybridized carbons (Fsp3) is 0.650. The Morgan fingerprint density at radius 2 is 1.96 bits per heavy atom. The van der Waals surface area contributed by atoms with Crippen LogP contribution >= 0.6 is 0 Å². The van der Waals surface area contributed by atoms with E-state index in [-0.39, 0.29) is 11.9 Å². The van der Waals surface area contributed by atoms with Gasteiger partial charge in [-0.25, -0.2) is 4.39 Å². The van der Waals surface area contributed by atoms with E-state index in [1.807, 2.05) is 0 Å². The van der Waals surface area contributed by atoms with Crippen LogP contribution in [0.5, 0.6) is 0 Å². The van der Waals surface area contributed by atoms with Crippen LogP contribution in [0.4, 0.5) is 4.39 Å². The Balaban J connectivity index is 1.91. The lowest BCUT2D eigenvalue weighted by Crippen LogP contribution is -2.48. The first-order valence-corrected chi connectivity index (χ1v) is 9.71. The van der Waals surface area contributed by atoms with Crippen LogP contribution in [-0.4, -0.2) is 56.7 Å². The predicted molar refractivity (Wildman–Crippen MR) is 105 cm³/mol. The number of hydrogen-bond donors (Lipinski definition) is 2. The van der Waals surface area contributed by atoms with Gasteiger partial charge in [0.25, 0.3) is 0 Å². The van der Waals surface area contributed by atoms with Gasteiger partial charge in [-0.3, -0.25) is 4.99 Å². The van der Waals surface area contributed by atoms with Crippen LogP contribution < -0.4 is 10.6 Å². The zero-order chi connectivity index (χ0) is 18.8. The molecule has 1 aliphatic rings. The summed E-state index contributed by atoms with van der Waals surface area (Å²) in [6, 6.07) is 6.87. The van der Waals surface area contributed by atoms with Crippen LogP contribution in [0.3, 0.4) is 0 Å². The molecular weight excluding hydrogens is 331 g/mol. The van der Waals surface area contributed by atoms with Gasteiger partial charge in [-0.05, 0) is 50.4 Å². The molecule has 0 saturated carbocycles. The topological polar surface area (TPSA) is 48.9 Å².